The SMILES string of the molecule is COc1cc(-c2cc(C)c(=O)n(C)c2)c(OC)cc1CN1CC(CN2CCC3(CC2)CN(c2ccc4c(c2)C(=O)N(C2CCC(=O)NC2=O)C4=O)C3)C1. The predicted molar refractivity (Wildman–Crippen MR) is 197 cm³/mol. The minimum Gasteiger partial charge on any atom is -0.496 e. The van der Waals surface area contributed by atoms with E-state index in [1.807, 2.05) is 31.3 Å². The molecule has 4 fully saturated rings. The van der Waals surface area contributed by atoms with Crippen molar-refractivity contribution < 1.29 is 28.7 Å². The molecule has 1 N–H and O–H groups in total. The molecule has 1 unspecified atom stereocenters. The summed E-state index contributed by atoms with van der Waals surface area (Å²) in [6, 6.07) is 10.4. The topological polar surface area (TPSA) is 134 Å². The van der Waals surface area contributed by atoms with Crippen LogP contribution in [0.4, 0.5) is 5.69 Å². The van der Waals surface area contributed by atoms with Crippen LogP contribution in [0.3, 0.4) is 0 Å². The Kier molecular flexibility index (Phi) is 8.89. The van der Waals surface area contributed by atoms with Gasteiger partial charge in [-0.3, -0.25) is 39.1 Å². The number of carbonyl (C=O) groups excluding carboxylic acids is 4. The highest BCUT2D eigenvalue weighted by molar-refractivity contribution is 6.23. The maximum Gasteiger partial charge on any atom is 0.262 e. The summed E-state index contributed by atoms with van der Waals surface area (Å²) >= 11 is 0. The van der Waals surface area contributed by atoms with Gasteiger partial charge in [-0.05, 0) is 81.6 Å². The number of ether oxygens (including phenoxy) is 2. The van der Waals surface area contributed by atoms with Gasteiger partial charge in [0.2, 0.25) is 11.8 Å². The molecule has 0 aliphatic carbocycles. The number of hydrogen-bond donors (Lipinski definition) is 1. The summed E-state index contributed by atoms with van der Waals surface area (Å²) in [5.74, 6) is 0.255. The number of aromatic nitrogens is 1. The lowest BCUT2D eigenvalue weighted by Crippen LogP contribution is -2.61. The lowest BCUT2D eigenvalue weighted by Gasteiger charge is -2.55. The van der Waals surface area contributed by atoms with Gasteiger partial charge in [-0.1, -0.05) is 0 Å². The molecule has 1 aromatic heterocycles. The zero-order valence-electron chi connectivity index (χ0n) is 30.8. The Balaban J connectivity index is 0.821. The van der Waals surface area contributed by atoms with Crippen molar-refractivity contribution in [1.29, 1.82) is 0 Å². The Morgan fingerprint density at radius 3 is 2.25 bits per heavy atom. The number of hydrogen-bond acceptors (Lipinski definition) is 10. The number of methoxy groups -OCH3 is 2. The highest BCUT2D eigenvalue weighted by Gasteiger charge is 2.48. The number of nitrogens with one attached hydrogen (secondary N) is 1. The fourth-order valence-corrected chi connectivity index (χ4v) is 8.99. The smallest absolute Gasteiger partial charge is 0.262 e. The van der Waals surface area contributed by atoms with Crippen LogP contribution in [0.2, 0.25) is 0 Å². The predicted octanol–water partition coefficient (Wildman–Crippen LogP) is 2.81. The molecule has 53 heavy (non-hydrogen) atoms. The number of nitrogens with zero attached hydrogens (tertiary/aromatic N) is 5. The average molecular weight is 723 g/mol. The van der Waals surface area contributed by atoms with Crippen LogP contribution in [0, 0.1) is 18.3 Å². The Morgan fingerprint density at radius 2 is 1.57 bits per heavy atom. The second-order valence-corrected chi connectivity index (χ2v) is 15.6. The molecular weight excluding hydrogens is 676 g/mol. The Morgan fingerprint density at radius 1 is 0.849 bits per heavy atom. The number of rotatable bonds is 9. The highest BCUT2D eigenvalue weighted by atomic mass is 16.5. The molecule has 4 amide bonds. The van der Waals surface area contributed by atoms with Crippen molar-refractivity contribution in [1.82, 2.24) is 24.6 Å². The maximum absolute atomic E-state index is 13.3. The van der Waals surface area contributed by atoms with Gasteiger partial charge < -0.3 is 23.8 Å². The van der Waals surface area contributed by atoms with Crippen molar-refractivity contribution in [2.24, 2.45) is 18.4 Å². The first-order valence-corrected chi connectivity index (χ1v) is 18.4. The molecule has 0 radical (unpaired) electrons. The van der Waals surface area contributed by atoms with Crippen LogP contribution < -0.4 is 25.2 Å². The van der Waals surface area contributed by atoms with E-state index in [1.54, 1.807) is 38.0 Å². The third-order valence-electron chi connectivity index (χ3n) is 12.0. The number of anilines is 1. The molecule has 5 aliphatic heterocycles. The standard InChI is InChI=1S/C40H46N6O7/c1-24-13-26(20-42(2)37(24)49)30-16-33(52-3)27(14-34(30)53-4)21-44-18-25(19-44)17-43-11-9-40(10-12-43)22-45(23-40)28-5-6-29-31(15-28)39(51)46(38(29)50)32-7-8-35(47)41-36(32)48/h5-6,13-16,20,25,32H,7-12,17-19,21-23H2,1-4H3,(H,41,47,48). The first-order valence-electron chi connectivity index (χ1n) is 18.4. The molecule has 3 aromatic rings. The third kappa shape index (κ3) is 6.29. The second-order valence-electron chi connectivity index (χ2n) is 15.6. The molecule has 6 heterocycles. The molecule has 5 aliphatic rings. The zero-order valence-corrected chi connectivity index (χ0v) is 30.8. The first kappa shape index (κ1) is 35.0. The first-order chi connectivity index (χ1) is 25.5. The number of benzene rings is 2. The molecule has 0 bridgehead atoms. The van der Waals surface area contributed by atoms with Gasteiger partial charge in [0.1, 0.15) is 17.5 Å². The van der Waals surface area contributed by atoms with E-state index in [0.29, 0.717) is 22.6 Å². The lowest BCUT2D eigenvalue weighted by atomic mass is 9.71. The number of carbonyl (C=O) groups is 4. The molecule has 13 nitrogen and oxygen atoms in total. The number of likely N-dealkylation sites (tertiary alicyclic amines) is 2. The van der Waals surface area contributed by atoms with Gasteiger partial charge in [0.25, 0.3) is 17.4 Å². The van der Waals surface area contributed by atoms with Crippen LogP contribution in [-0.2, 0) is 23.2 Å². The van der Waals surface area contributed by atoms with Gasteiger partial charge in [0.05, 0.1) is 25.3 Å². The molecule has 8 rings (SSSR count). The summed E-state index contributed by atoms with van der Waals surface area (Å²) in [4.78, 5) is 71.1. The van der Waals surface area contributed by atoms with E-state index in [2.05, 4.69) is 26.1 Å². The molecule has 2 aromatic carbocycles. The average Bonchev–Trinajstić information content (AvgIpc) is 3.36. The van der Waals surface area contributed by atoms with Crippen LogP contribution in [-0.4, -0.2) is 109 Å². The van der Waals surface area contributed by atoms with Crippen LogP contribution in [0.5, 0.6) is 11.5 Å². The van der Waals surface area contributed by atoms with Crippen molar-refractivity contribution in [3.63, 3.8) is 0 Å². The highest BCUT2D eigenvalue weighted by Crippen LogP contribution is 2.44. The maximum atomic E-state index is 13.3. The lowest BCUT2D eigenvalue weighted by molar-refractivity contribution is -0.136. The van der Waals surface area contributed by atoms with Gasteiger partial charge >= 0.3 is 0 Å². The van der Waals surface area contributed by atoms with Crippen LogP contribution in [0.15, 0.2) is 47.4 Å². The summed E-state index contributed by atoms with van der Waals surface area (Å²) in [6.45, 7) is 9.73. The third-order valence-corrected chi connectivity index (χ3v) is 12.0. The van der Waals surface area contributed by atoms with E-state index in [1.165, 1.54) is 0 Å². The van der Waals surface area contributed by atoms with E-state index < -0.39 is 23.8 Å². The van der Waals surface area contributed by atoms with Crippen molar-refractivity contribution in [2.45, 2.75) is 45.2 Å². The molecule has 1 atom stereocenters. The molecule has 0 saturated carbocycles. The Hall–Kier alpha value is -5.01. The summed E-state index contributed by atoms with van der Waals surface area (Å²) < 4.78 is 13.2. The Bertz CT molecular complexity index is 2050. The minimum absolute atomic E-state index is 0.0165. The zero-order chi connectivity index (χ0) is 37.2. The van der Waals surface area contributed by atoms with Crippen molar-refractivity contribution >= 4 is 29.3 Å². The molecule has 13 heteroatoms. The van der Waals surface area contributed by atoms with Gasteiger partial charge in [-0.15, -0.1) is 0 Å². The number of aryl methyl sites for hydroxylation is 2. The van der Waals surface area contributed by atoms with E-state index in [9.17, 15) is 24.0 Å². The molecular formula is C40H46N6O7. The van der Waals surface area contributed by atoms with Crippen molar-refractivity contribution in [3.8, 4) is 22.6 Å². The fourth-order valence-electron chi connectivity index (χ4n) is 8.99. The second kappa shape index (κ2) is 13.4. The number of pyridine rings is 1. The van der Waals surface area contributed by atoms with Gasteiger partial charge in [-0.2, -0.15) is 0 Å². The summed E-state index contributed by atoms with van der Waals surface area (Å²) in [5, 5.41) is 2.25. The van der Waals surface area contributed by atoms with Crippen LogP contribution in [0.1, 0.15) is 57.5 Å². The fraction of sp³-hybridized carbons (Fsp3) is 0.475. The summed E-state index contributed by atoms with van der Waals surface area (Å²) in [5.41, 5.74) is 5.36. The van der Waals surface area contributed by atoms with Gasteiger partial charge in [0.15, 0.2) is 0 Å². The van der Waals surface area contributed by atoms with Crippen LogP contribution in [0.25, 0.3) is 11.1 Å². The Labute approximate surface area is 308 Å². The normalized spacial score (nSPS) is 21.8. The molecule has 4 saturated heterocycles. The van der Waals surface area contributed by atoms with E-state index in [4.69, 9.17) is 9.47 Å². The monoisotopic (exact) mass is 722 g/mol. The van der Waals surface area contributed by atoms with E-state index in [-0.39, 0.29) is 29.7 Å². The van der Waals surface area contributed by atoms with Crippen molar-refractivity contribution in [2.75, 3.05) is 64.9 Å². The number of imide groups is 2. The summed E-state index contributed by atoms with van der Waals surface area (Å²) in [7, 11) is 5.12. The molecule has 1 spiro atoms. The van der Waals surface area contributed by atoms with E-state index >= 15 is 0 Å². The quantitative estimate of drug-likeness (QED) is 0.329. The largest absolute Gasteiger partial charge is 0.496 e. The van der Waals surface area contributed by atoms with Crippen molar-refractivity contribution in [3.05, 3.63) is 75.2 Å². The number of piperidine rings is 2. The summed E-state index contributed by atoms with van der Waals surface area (Å²) in [6.07, 6.45) is 4.34. The van der Waals surface area contributed by atoms with Gasteiger partial charge in [0, 0.05) is 92.3 Å². The van der Waals surface area contributed by atoms with Crippen LogP contribution >= 0.6 is 0 Å². The number of fused-ring (bicyclic) bond motifs is 1. The number of amides is 4. The minimum atomic E-state index is -0.959. The van der Waals surface area contributed by atoms with Gasteiger partial charge in [-0.25, -0.2) is 0 Å². The van der Waals surface area contributed by atoms with E-state index in [0.717, 1.165) is 104 Å². The molecule has 278 valence electrons.